The molecule has 2 heteroatoms. The predicted molar refractivity (Wildman–Crippen MR) is 60.4 cm³/mol. The van der Waals surface area contributed by atoms with Crippen molar-refractivity contribution in [3.05, 3.63) is 0 Å². The minimum absolute atomic E-state index is 0.643. The van der Waals surface area contributed by atoms with Crippen LogP contribution in [0, 0.1) is 11.8 Å². The lowest BCUT2D eigenvalue weighted by atomic mass is 9.80. The Balaban J connectivity index is 0.000000461. The summed E-state index contributed by atoms with van der Waals surface area (Å²) >= 11 is 0. The predicted octanol–water partition coefficient (Wildman–Crippen LogP) is 2.44. The van der Waals surface area contributed by atoms with Gasteiger partial charge in [0.25, 0.3) is 0 Å². The Morgan fingerprint density at radius 2 is 1.57 bits per heavy atom. The van der Waals surface area contributed by atoms with Gasteiger partial charge in [-0.1, -0.05) is 27.7 Å². The maximum Gasteiger partial charge on any atom is 0.0620 e. The van der Waals surface area contributed by atoms with Crippen LogP contribution in [0.4, 0.5) is 0 Å². The highest BCUT2D eigenvalue weighted by atomic mass is 16.5. The highest BCUT2D eigenvalue weighted by molar-refractivity contribution is 4.89. The average Bonchev–Trinajstić information content (AvgIpc) is 2.20. The number of hydrogen-bond donors (Lipinski definition) is 1. The van der Waals surface area contributed by atoms with E-state index in [-0.39, 0.29) is 0 Å². The summed E-state index contributed by atoms with van der Waals surface area (Å²) < 4.78 is 5.50. The molecule has 0 radical (unpaired) electrons. The Labute approximate surface area is 88.4 Å². The van der Waals surface area contributed by atoms with Gasteiger partial charge in [-0.2, -0.15) is 0 Å². The van der Waals surface area contributed by atoms with E-state index in [0.29, 0.717) is 12.1 Å². The Bertz CT molecular complexity index is 146. The molecule has 2 rings (SSSR count). The number of piperidine rings is 1. The maximum atomic E-state index is 5.50. The van der Waals surface area contributed by atoms with Crippen LogP contribution in [0.15, 0.2) is 0 Å². The Morgan fingerprint density at radius 3 is 2.00 bits per heavy atom. The highest BCUT2D eigenvalue weighted by Gasteiger charge is 2.32. The molecule has 0 aromatic heterocycles. The molecule has 2 unspecified atom stereocenters. The molecule has 2 nitrogen and oxygen atoms in total. The summed E-state index contributed by atoms with van der Waals surface area (Å²) in [5.74, 6) is 1.76. The first-order valence-corrected chi connectivity index (χ1v) is 6.09. The van der Waals surface area contributed by atoms with Crippen molar-refractivity contribution in [2.75, 3.05) is 13.2 Å². The van der Waals surface area contributed by atoms with Gasteiger partial charge in [0.2, 0.25) is 0 Å². The van der Waals surface area contributed by atoms with Crippen molar-refractivity contribution in [1.82, 2.24) is 5.32 Å². The summed E-state index contributed by atoms with van der Waals surface area (Å²) in [4.78, 5) is 0. The molecule has 0 aromatic rings. The van der Waals surface area contributed by atoms with Gasteiger partial charge in [0, 0.05) is 12.1 Å². The summed E-state index contributed by atoms with van der Waals surface area (Å²) in [5.41, 5.74) is 0. The zero-order valence-corrected chi connectivity index (χ0v) is 10.0. The van der Waals surface area contributed by atoms with Gasteiger partial charge in [-0.25, -0.2) is 0 Å². The SMILES string of the molecule is CC.CC(C)C1CC2COCC(C1)N2. The molecule has 2 heterocycles. The quantitative estimate of drug-likeness (QED) is 0.700. The molecule has 2 bridgehead atoms. The van der Waals surface area contributed by atoms with Gasteiger partial charge >= 0.3 is 0 Å². The Morgan fingerprint density at radius 1 is 1.07 bits per heavy atom. The van der Waals surface area contributed by atoms with Gasteiger partial charge in [0.15, 0.2) is 0 Å². The van der Waals surface area contributed by atoms with E-state index in [9.17, 15) is 0 Å². The number of ether oxygens (including phenoxy) is 1. The smallest absolute Gasteiger partial charge is 0.0620 e. The van der Waals surface area contributed by atoms with E-state index in [1.807, 2.05) is 13.8 Å². The Kier molecular flexibility index (Phi) is 4.90. The minimum Gasteiger partial charge on any atom is -0.378 e. The summed E-state index contributed by atoms with van der Waals surface area (Å²) in [6.45, 7) is 10.5. The van der Waals surface area contributed by atoms with Gasteiger partial charge in [0.05, 0.1) is 13.2 Å². The molecule has 2 aliphatic heterocycles. The topological polar surface area (TPSA) is 21.3 Å². The second-order valence-corrected chi connectivity index (χ2v) is 4.57. The normalized spacial score (nSPS) is 36.2. The average molecular weight is 199 g/mol. The lowest BCUT2D eigenvalue weighted by molar-refractivity contribution is 0.000953. The van der Waals surface area contributed by atoms with E-state index < -0.39 is 0 Å². The third kappa shape index (κ3) is 2.96. The number of fused-ring (bicyclic) bond motifs is 2. The third-order valence-corrected chi connectivity index (χ3v) is 3.23. The molecule has 0 aromatic carbocycles. The summed E-state index contributed by atoms with van der Waals surface area (Å²) in [6, 6.07) is 1.29. The first kappa shape index (κ1) is 12.0. The van der Waals surface area contributed by atoms with Crippen molar-refractivity contribution in [2.24, 2.45) is 11.8 Å². The molecular weight excluding hydrogens is 174 g/mol. The van der Waals surface area contributed by atoms with Gasteiger partial charge in [-0.15, -0.1) is 0 Å². The lowest BCUT2D eigenvalue weighted by Gasteiger charge is -2.41. The summed E-state index contributed by atoms with van der Waals surface area (Å²) in [6.07, 6.45) is 2.63. The molecule has 14 heavy (non-hydrogen) atoms. The molecule has 2 fully saturated rings. The number of morpholine rings is 1. The number of hydrogen-bond acceptors (Lipinski definition) is 2. The summed E-state index contributed by atoms with van der Waals surface area (Å²) in [5, 5.41) is 3.61. The maximum absolute atomic E-state index is 5.50. The van der Waals surface area contributed by atoms with Crippen LogP contribution in [0.5, 0.6) is 0 Å². The van der Waals surface area contributed by atoms with Crippen LogP contribution in [0.1, 0.15) is 40.5 Å². The van der Waals surface area contributed by atoms with Crippen molar-refractivity contribution in [2.45, 2.75) is 52.6 Å². The van der Waals surface area contributed by atoms with Crippen LogP contribution in [-0.2, 0) is 4.74 Å². The summed E-state index contributed by atoms with van der Waals surface area (Å²) in [7, 11) is 0. The van der Waals surface area contributed by atoms with E-state index in [2.05, 4.69) is 19.2 Å². The van der Waals surface area contributed by atoms with Crippen molar-refractivity contribution >= 4 is 0 Å². The molecule has 0 saturated carbocycles. The van der Waals surface area contributed by atoms with Crippen molar-refractivity contribution in [3.8, 4) is 0 Å². The monoisotopic (exact) mass is 199 g/mol. The third-order valence-electron chi connectivity index (χ3n) is 3.23. The van der Waals surface area contributed by atoms with Gasteiger partial charge in [0.1, 0.15) is 0 Å². The van der Waals surface area contributed by atoms with E-state index in [1.165, 1.54) is 12.8 Å². The van der Waals surface area contributed by atoms with Gasteiger partial charge in [-0.05, 0) is 24.7 Å². The molecule has 2 aliphatic rings. The van der Waals surface area contributed by atoms with Crippen molar-refractivity contribution < 1.29 is 4.74 Å². The number of rotatable bonds is 1. The van der Waals surface area contributed by atoms with Gasteiger partial charge in [-0.3, -0.25) is 0 Å². The van der Waals surface area contributed by atoms with E-state index in [4.69, 9.17) is 4.74 Å². The van der Waals surface area contributed by atoms with Crippen LogP contribution in [0.3, 0.4) is 0 Å². The highest BCUT2D eigenvalue weighted by Crippen LogP contribution is 2.29. The van der Waals surface area contributed by atoms with Crippen LogP contribution < -0.4 is 5.32 Å². The Hall–Kier alpha value is -0.0800. The fourth-order valence-corrected chi connectivity index (χ4v) is 2.43. The fourth-order valence-electron chi connectivity index (χ4n) is 2.43. The zero-order valence-electron chi connectivity index (χ0n) is 10.0. The van der Waals surface area contributed by atoms with E-state index in [1.54, 1.807) is 0 Å². The van der Waals surface area contributed by atoms with E-state index >= 15 is 0 Å². The second kappa shape index (κ2) is 5.72. The zero-order chi connectivity index (χ0) is 10.6. The van der Waals surface area contributed by atoms with Crippen LogP contribution in [0.2, 0.25) is 0 Å². The van der Waals surface area contributed by atoms with Gasteiger partial charge < -0.3 is 10.1 Å². The largest absolute Gasteiger partial charge is 0.378 e. The molecule has 2 saturated heterocycles. The molecule has 84 valence electrons. The molecule has 0 amide bonds. The fraction of sp³-hybridized carbons (Fsp3) is 1.00. The first-order chi connectivity index (χ1) is 6.75. The standard InChI is InChI=1S/C10H19NO.C2H6/c1-7(2)8-3-9-5-12-6-10(4-8)11-9;1-2/h7-11H,3-6H2,1-2H3;1-2H3. The molecular formula is C12H25NO. The first-order valence-electron chi connectivity index (χ1n) is 6.09. The minimum atomic E-state index is 0.643. The molecule has 2 atom stereocenters. The lowest BCUT2D eigenvalue weighted by Crippen LogP contribution is -2.54. The molecule has 0 spiro atoms. The van der Waals surface area contributed by atoms with Crippen LogP contribution in [-0.4, -0.2) is 25.3 Å². The van der Waals surface area contributed by atoms with Crippen LogP contribution in [0.25, 0.3) is 0 Å². The van der Waals surface area contributed by atoms with Crippen molar-refractivity contribution in [1.29, 1.82) is 0 Å². The van der Waals surface area contributed by atoms with E-state index in [0.717, 1.165) is 25.0 Å². The second-order valence-electron chi connectivity index (χ2n) is 4.57. The number of nitrogens with one attached hydrogen (secondary N) is 1. The van der Waals surface area contributed by atoms with Crippen molar-refractivity contribution in [3.63, 3.8) is 0 Å². The van der Waals surface area contributed by atoms with Crippen LogP contribution >= 0.6 is 0 Å². The molecule has 1 N–H and O–H groups in total. The molecule has 0 aliphatic carbocycles.